The molecule has 0 bridgehead atoms. The fraction of sp³-hybridized carbons (Fsp3) is 0.0500. The van der Waals surface area contributed by atoms with Gasteiger partial charge < -0.3 is 4.74 Å². The lowest BCUT2D eigenvalue weighted by Gasteiger charge is -2.08. The van der Waals surface area contributed by atoms with Crippen LogP contribution in [-0.2, 0) is 6.61 Å². The Morgan fingerprint density at radius 2 is 2.00 bits per heavy atom. The van der Waals surface area contributed by atoms with Crippen molar-refractivity contribution in [1.29, 1.82) is 5.26 Å². The highest BCUT2D eigenvalue weighted by atomic mass is 35.5. The first kappa shape index (κ1) is 19.6. The summed E-state index contributed by atoms with van der Waals surface area (Å²) in [5.74, 6) is -0.430. The maximum absolute atomic E-state index is 12.7. The van der Waals surface area contributed by atoms with Crippen LogP contribution in [-0.4, -0.2) is 25.7 Å². The van der Waals surface area contributed by atoms with Crippen LogP contribution in [0.25, 0.3) is 5.69 Å². The highest BCUT2D eigenvalue weighted by Crippen LogP contribution is 2.24. The second-order valence-electron chi connectivity index (χ2n) is 6.02. The third kappa shape index (κ3) is 4.30. The average Bonchev–Trinajstić information content (AvgIpc) is 3.43. The van der Waals surface area contributed by atoms with Gasteiger partial charge in [0.2, 0.25) is 5.13 Å². The van der Waals surface area contributed by atoms with E-state index < -0.39 is 5.91 Å². The Bertz CT molecular complexity index is 1230. The van der Waals surface area contributed by atoms with Gasteiger partial charge in [0.15, 0.2) is 0 Å². The normalized spacial score (nSPS) is 10.4. The van der Waals surface area contributed by atoms with Crippen molar-refractivity contribution in [2.24, 2.45) is 0 Å². The zero-order valence-electron chi connectivity index (χ0n) is 15.3. The van der Waals surface area contributed by atoms with Crippen LogP contribution >= 0.6 is 22.9 Å². The molecular weight excluding hydrogens is 424 g/mol. The van der Waals surface area contributed by atoms with Crippen LogP contribution in [0.1, 0.15) is 21.6 Å². The zero-order chi connectivity index (χ0) is 20.9. The molecule has 0 unspecified atom stereocenters. The Kier molecular flexibility index (Phi) is 5.70. The summed E-state index contributed by atoms with van der Waals surface area (Å²) >= 11 is 6.97. The lowest BCUT2D eigenvalue weighted by atomic mass is 10.2. The third-order valence-electron chi connectivity index (χ3n) is 4.06. The molecule has 4 rings (SSSR count). The number of para-hydroxylation sites is 1. The van der Waals surface area contributed by atoms with Crippen LogP contribution in [0.2, 0.25) is 5.02 Å². The number of carbonyl (C=O) groups excluding carboxylic acids is 1. The highest BCUT2D eigenvalue weighted by molar-refractivity contribution is 7.17. The molecule has 0 fully saturated rings. The SMILES string of the molecule is N#Cc1ccccc1-n1cncc1C(=O)Nc1nnc(OCc2ccc(Cl)cc2)s1. The average molecular weight is 437 g/mol. The van der Waals surface area contributed by atoms with Crippen molar-refractivity contribution >= 4 is 34.0 Å². The van der Waals surface area contributed by atoms with E-state index in [-0.39, 0.29) is 10.8 Å². The fourth-order valence-corrected chi connectivity index (χ4v) is 3.35. The van der Waals surface area contributed by atoms with Crippen LogP contribution in [0.5, 0.6) is 5.19 Å². The molecule has 0 aliphatic heterocycles. The highest BCUT2D eigenvalue weighted by Gasteiger charge is 2.17. The van der Waals surface area contributed by atoms with Crippen LogP contribution < -0.4 is 10.1 Å². The van der Waals surface area contributed by atoms with Gasteiger partial charge in [-0.15, -0.1) is 5.10 Å². The molecule has 0 atom stereocenters. The third-order valence-corrected chi connectivity index (χ3v) is 5.06. The number of amides is 1. The van der Waals surface area contributed by atoms with Gasteiger partial charge in [-0.25, -0.2) is 4.98 Å². The largest absolute Gasteiger partial charge is 0.464 e. The van der Waals surface area contributed by atoms with Gasteiger partial charge in [0.1, 0.15) is 18.4 Å². The second-order valence-corrected chi connectivity index (χ2v) is 7.40. The van der Waals surface area contributed by atoms with Crippen molar-refractivity contribution in [2.75, 3.05) is 5.32 Å². The number of carbonyl (C=O) groups is 1. The quantitative estimate of drug-likeness (QED) is 0.488. The van der Waals surface area contributed by atoms with Crippen LogP contribution in [0, 0.1) is 11.3 Å². The van der Waals surface area contributed by atoms with E-state index in [1.54, 1.807) is 41.0 Å². The van der Waals surface area contributed by atoms with Crippen molar-refractivity contribution in [1.82, 2.24) is 19.7 Å². The Labute approximate surface area is 180 Å². The summed E-state index contributed by atoms with van der Waals surface area (Å²) in [5, 5.41) is 21.1. The molecule has 0 spiro atoms. The standard InChI is InChI=1S/C20H13ClN6O2S/c21-15-7-5-13(6-8-15)11-29-20-26-25-19(30-20)24-18(28)17-10-23-12-27(17)16-4-2-1-3-14(16)9-22/h1-8,10,12H,11H2,(H,24,25,28). The van der Waals surface area contributed by atoms with Crippen molar-refractivity contribution in [3.05, 3.63) is 82.9 Å². The molecule has 30 heavy (non-hydrogen) atoms. The van der Waals surface area contributed by atoms with Gasteiger partial charge >= 0.3 is 0 Å². The zero-order valence-corrected chi connectivity index (χ0v) is 16.9. The van der Waals surface area contributed by atoms with E-state index >= 15 is 0 Å². The first-order valence-electron chi connectivity index (χ1n) is 8.68. The van der Waals surface area contributed by atoms with Gasteiger partial charge in [-0.05, 0) is 41.2 Å². The molecule has 2 aromatic carbocycles. The van der Waals surface area contributed by atoms with Gasteiger partial charge in [-0.2, -0.15) is 5.26 Å². The molecule has 2 aromatic heterocycles. The van der Waals surface area contributed by atoms with Crippen molar-refractivity contribution in [3.8, 4) is 17.0 Å². The van der Waals surface area contributed by atoms with E-state index in [0.717, 1.165) is 16.9 Å². The van der Waals surface area contributed by atoms with E-state index in [1.807, 2.05) is 12.1 Å². The number of nitrogens with one attached hydrogen (secondary N) is 1. The van der Waals surface area contributed by atoms with Crippen LogP contribution in [0.15, 0.2) is 61.1 Å². The maximum Gasteiger partial charge on any atom is 0.296 e. The predicted octanol–water partition coefficient (Wildman–Crippen LogP) is 4.08. The molecule has 1 amide bonds. The molecule has 0 aliphatic carbocycles. The molecule has 0 saturated heterocycles. The summed E-state index contributed by atoms with van der Waals surface area (Å²) in [6.45, 7) is 0.303. The molecule has 10 heteroatoms. The van der Waals surface area contributed by atoms with Gasteiger partial charge in [0.25, 0.3) is 11.1 Å². The van der Waals surface area contributed by atoms with E-state index in [1.165, 1.54) is 12.5 Å². The second kappa shape index (κ2) is 8.73. The summed E-state index contributed by atoms with van der Waals surface area (Å²) in [4.78, 5) is 16.8. The van der Waals surface area contributed by atoms with E-state index in [2.05, 4.69) is 26.6 Å². The Morgan fingerprint density at radius 3 is 2.80 bits per heavy atom. The summed E-state index contributed by atoms with van der Waals surface area (Å²) in [5.41, 5.74) is 2.18. The number of ether oxygens (including phenoxy) is 1. The first-order chi connectivity index (χ1) is 14.6. The number of halogens is 1. The maximum atomic E-state index is 12.7. The summed E-state index contributed by atoms with van der Waals surface area (Å²) in [6.07, 6.45) is 2.90. The lowest BCUT2D eigenvalue weighted by Crippen LogP contribution is -2.16. The summed E-state index contributed by atoms with van der Waals surface area (Å²) < 4.78 is 7.15. The smallest absolute Gasteiger partial charge is 0.296 e. The number of imidazole rings is 1. The topological polar surface area (TPSA) is 106 Å². The molecule has 0 radical (unpaired) electrons. The van der Waals surface area contributed by atoms with E-state index in [0.29, 0.717) is 28.1 Å². The number of hydrogen-bond acceptors (Lipinski definition) is 7. The first-order valence-corrected chi connectivity index (χ1v) is 9.87. The molecule has 8 nitrogen and oxygen atoms in total. The van der Waals surface area contributed by atoms with Crippen molar-refractivity contribution in [3.63, 3.8) is 0 Å². The minimum Gasteiger partial charge on any atom is -0.464 e. The summed E-state index contributed by atoms with van der Waals surface area (Å²) in [7, 11) is 0. The summed E-state index contributed by atoms with van der Waals surface area (Å²) in [6, 6.07) is 16.3. The van der Waals surface area contributed by atoms with Gasteiger partial charge in [-0.3, -0.25) is 14.7 Å². The van der Waals surface area contributed by atoms with Crippen LogP contribution in [0.4, 0.5) is 5.13 Å². The van der Waals surface area contributed by atoms with E-state index in [9.17, 15) is 10.1 Å². The molecule has 1 N–H and O–H groups in total. The molecular formula is C20H13ClN6O2S. The van der Waals surface area contributed by atoms with E-state index in [4.69, 9.17) is 16.3 Å². The molecule has 4 aromatic rings. The van der Waals surface area contributed by atoms with Crippen molar-refractivity contribution < 1.29 is 9.53 Å². The number of rotatable bonds is 6. The number of nitriles is 1. The number of anilines is 1. The minimum absolute atomic E-state index is 0.261. The Morgan fingerprint density at radius 1 is 1.20 bits per heavy atom. The van der Waals surface area contributed by atoms with Gasteiger partial charge in [0.05, 0.1) is 23.8 Å². The Hall–Kier alpha value is -3.74. The number of nitrogens with zero attached hydrogens (tertiary/aromatic N) is 5. The number of aromatic nitrogens is 4. The molecule has 0 saturated carbocycles. The lowest BCUT2D eigenvalue weighted by molar-refractivity contribution is 0.102. The van der Waals surface area contributed by atoms with Gasteiger partial charge in [-0.1, -0.05) is 41.0 Å². The number of hydrogen-bond donors (Lipinski definition) is 1. The van der Waals surface area contributed by atoms with Crippen molar-refractivity contribution in [2.45, 2.75) is 6.61 Å². The van der Waals surface area contributed by atoms with Crippen LogP contribution in [0.3, 0.4) is 0 Å². The predicted molar refractivity (Wildman–Crippen MR) is 112 cm³/mol. The number of benzene rings is 2. The van der Waals surface area contributed by atoms with Gasteiger partial charge in [0, 0.05) is 5.02 Å². The molecule has 148 valence electrons. The fourth-order valence-electron chi connectivity index (χ4n) is 2.64. The minimum atomic E-state index is -0.430. The Balaban J connectivity index is 1.45. The molecule has 2 heterocycles. The monoisotopic (exact) mass is 436 g/mol. The molecule has 0 aliphatic rings.